The molecule has 0 aliphatic carbocycles. The van der Waals surface area contributed by atoms with Gasteiger partial charge in [-0.1, -0.05) is 154 Å². The van der Waals surface area contributed by atoms with E-state index in [9.17, 15) is 0 Å². The number of aryl methyl sites for hydroxylation is 2. The van der Waals surface area contributed by atoms with Gasteiger partial charge in [-0.3, -0.25) is 9.97 Å². The van der Waals surface area contributed by atoms with Gasteiger partial charge in [0.05, 0.1) is 47.4 Å². The van der Waals surface area contributed by atoms with Crippen molar-refractivity contribution in [3.63, 3.8) is 0 Å². The summed E-state index contributed by atoms with van der Waals surface area (Å²) >= 11 is 0. The van der Waals surface area contributed by atoms with Crippen molar-refractivity contribution < 1.29 is 35.5 Å². The van der Waals surface area contributed by atoms with Crippen LogP contribution < -0.4 is 5.19 Å². The molecule has 6 nitrogen and oxygen atoms in total. The Bertz CT molecular complexity index is 4570. The number of para-hydroxylation sites is 3. The van der Waals surface area contributed by atoms with E-state index in [1.165, 1.54) is 11.3 Å². The zero-order chi connectivity index (χ0) is 57.1. The molecule has 0 unspecified atom stereocenters. The van der Waals surface area contributed by atoms with Crippen LogP contribution in [0.4, 0.5) is 0 Å². The average molecular weight is 1160 g/mol. The summed E-state index contributed by atoms with van der Waals surface area (Å²) in [5.41, 5.74) is 8.42. The third-order valence-electron chi connectivity index (χ3n) is 14.0. The third kappa shape index (κ3) is 8.26. The minimum absolute atomic E-state index is 0. The Balaban J connectivity index is 0.000000183. The Hall–Kier alpha value is -7.48. The van der Waals surface area contributed by atoms with Crippen molar-refractivity contribution >= 4 is 89.7 Å². The largest absolute Gasteiger partial charge is 0.486 e. The molecule has 0 N–H and O–H groups in total. The monoisotopic (exact) mass is 1160 g/mol. The van der Waals surface area contributed by atoms with Gasteiger partial charge in [0.25, 0.3) is 0 Å². The molecule has 1 radical (unpaired) electrons. The van der Waals surface area contributed by atoms with E-state index in [4.69, 9.17) is 25.4 Å². The van der Waals surface area contributed by atoms with E-state index in [1.807, 2.05) is 111 Å². The number of aromatic nitrogens is 5. The molecule has 74 heavy (non-hydrogen) atoms. The summed E-state index contributed by atoms with van der Waals surface area (Å²) in [6, 6.07) is 61.8. The van der Waals surface area contributed by atoms with E-state index < -0.39 is 33.6 Å². The number of benzene rings is 9. The van der Waals surface area contributed by atoms with Gasteiger partial charge in [0.15, 0.2) is 0 Å². The molecular weight excluding hydrogens is 1100 g/mol. The quantitative estimate of drug-likeness (QED) is 0.0906. The first-order valence-electron chi connectivity index (χ1n) is 28.6. The van der Waals surface area contributed by atoms with Crippen LogP contribution >= 0.6 is 0 Å². The second kappa shape index (κ2) is 19.1. The number of hydrogen-bond acceptors (Lipinski definition) is 4. The van der Waals surface area contributed by atoms with Gasteiger partial charge in [-0.05, 0) is 117 Å². The van der Waals surface area contributed by atoms with Crippen molar-refractivity contribution in [1.29, 1.82) is 0 Å². The fourth-order valence-corrected chi connectivity index (χ4v) is 11.6. The van der Waals surface area contributed by atoms with Gasteiger partial charge >= 0.3 is 0 Å². The van der Waals surface area contributed by atoms with Crippen molar-refractivity contribution in [3.05, 3.63) is 204 Å². The summed E-state index contributed by atoms with van der Waals surface area (Å²) in [4.78, 5) is 14.3. The second-order valence-electron chi connectivity index (χ2n) is 20.2. The number of imidazole rings is 2. The van der Waals surface area contributed by atoms with Gasteiger partial charge in [0.2, 0.25) is 5.71 Å². The molecule has 13 aromatic rings. The predicted molar refractivity (Wildman–Crippen MR) is 309 cm³/mol. The smallest absolute Gasteiger partial charge is 0.216 e. The van der Waals surface area contributed by atoms with Gasteiger partial charge < -0.3 is 13.6 Å². The molecular formula is C66H57IrN5OSi-2. The normalized spacial score (nSPS) is 14.2. The molecule has 0 amide bonds. The fourth-order valence-electron chi connectivity index (χ4n) is 10.4. The van der Waals surface area contributed by atoms with E-state index in [2.05, 4.69) is 95.9 Å². The number of nitrogens with zero attached hydrogens (tertiary/aromatic N) is 5. The van der Waals surface area contributed by atoms with Crippen molar-refractivity contribution in [3.8, 4) is 34.2 Å². The molecule has 0 saturated carbocycles. The Morgan fingerprint density at radius 3 is 1.85 bits per heavy atom. The van der Waals surface area contributed by atoms with Gasteiger partial charge in [-0.25, -0.2) is 4.98 Å². The molecule has 367 valence electrons. The van der Waals surface area contributed by atoms with Crippen molar-refractivity contribution in [2.24, 2.45) is 0 Å². The first-order chi connectivity index (χ1) is 38.4. The van der Waals surface area contributed by atoms with Crippen LogP contribution in [0.25, 0.3) is 111 Å². The summed E-state index contributed by atoms with van der Waals surface area (Å²) in [5, 5.41) is 9.24. The van der Waals surface area contributed by atoms with E-state index in [0.29, 0.717) is 38.8 Å². The molecule has 0 spiro atoms. The van der Waals surface area contributed by atoms with E-state index in [-0.39, 0.29) is 37.1 Å². The predicted octanol–water partition coefficient (Wildman–Crippen LogP) is 17.1. The molecule has 13 rings (SSSR count). The maximum Gasteiger partial charge on any atom is 0.216 e. The van der Waals surface area contributed by atoms with E-state index >= 15 is 0 Å². The number of pyridine rings is 1. The molecule has 4 aromatic heterocycles. The van der Waals surface area contributed by atoms with Gasteiger partial charge in [-0.2, -0.15) is 0 Å². The maximum atomic E-state index is 9.11. The standard InChI is InChI=1S/C38H24N3O.C28H33N2Si.Ir/c1-22-9-7-16-34-35(22)41(37(40-34)32-15-8-14-30-31-19-17-23(2)39-38(31)42-36(30)32)24-18-20-29-27-12-4-3-10-25(27)26-11-5-6-13-28(26)33(29)21-24;1-19(2)23-17-22(31(5,6)7)18-24(20(3)4)27(23)30-26-16-12-11-15-25(26)29-28(30)21-13-9-8-10-14-21;/h3-14,16-21H,1-2H3;8-13,15-20H,1-7H3;/q2*-1;/i1D3,2D3;19D,20D;. The molecule has 0 aliphatic heterocycles. The maximum absolute atomic E-state index is 9.11. The topological polar surface area (TPSA) is 61.7 Å². The third-order valence-corrected chi connectivity index (χ3v) is 16.0. The summed E-state index contributed by atoms with van der Waals surface area (Å²) in [6.45, 7) is 9.90. The molecule has 0 fully saturated rings. The Kier molecular flexibility index (Phi) is 10.3. The molecule has 0 saturated heterocycles. The Labute approximate surface area is 458 Å². The zero-order valence-electron chi connectivity index (χ0n) is 50.1. The van der Waals surface area contributed by atoms with E-state index in [1.54, 1.807) is 30.3 Å². The van der Waals surface area contributed by atoms with Crippen LogP contribution in [0.1, 0.15) is 72.8 Å². The molecule has 0 bridgehead atoms. The van der Waals surface area contributed by atoms with Gasteiger partial charge in [0, 0.05) is 53.5 Å². The Morgan fingerprint density at radius 1 is 0.554 bits per heavy atom. The molecule has 9 aromatic carbocycles. The van der Waals surface area contributed by atoms with Gasteiger partial charge in [-0.15, -0.1) is 54.1 Å². The SMILES string of the molecule is [2H]C(C)(C)c1cc([Si](C)(C)C)cc(C([2H])(C)C)c1-n1c(-c2[c-]cccc2)nc2ccccc21.[2H]C([2H])([2H])c1ccc2c(n1)oc1c(-c3nc4cccc(C([2H])([2H])[2H])c4n3-c3ccc4c5ccccc5c5ccccc5c4c3)[c-]ccc12.[Ir]. The number of rotatable bonds is 7. The van der Waals surface area contributed by atoms with E-state index in [0.717, 1.165) is 77.2 Å². The number of furan rings is 1. The molecule has 0 atom stereocenters. The summed E-state index contributed by atoms with van der Waals surface area (Å²) < 4.78 is 77.4. The van der Waals surface area contributed by atoms with Gasteiger partial charge in [0.1, 0.15) is 0 Å². The van der Waals surface area contributed by atoms with Crippen LogP contribution in [0.5, 0.6) is 0 Å². The van der Waals surface area contributed by atoms with Crippen LogP contribution in [0, 0.1) is 25.8 Å². The van der Waals surface area contributed by atoms with Crippen LogP contribution in [0.2, 0.25) is 19.6 Å². The minimum atomic E-state index is -2.42. The first-order valence-corrected chi connectivity index (χ1v) is 28.1. The van der Waals surface area contributed by atoms with Crippen LogP contribution in [-0.2, 0) is 20.1 Å². The first kappa shape index (κ1) is 40.0. The molecule has 4 heterocycles. The molecule has 8 heteroatoms. The summed E-state index contributed by atoms with van der Waals surface area (Å²) in [6.07, 6.45) is 0. The second-order valence-corrected chi connectivity index (χ2v) is 25.3. The minimum Gasteiger partial charge on any atom is -0.486 e. The average Bonchev–Trinajstić information content (AvgIpc) is 2.04. The number of hydrogen-bond donors (Lipinski definition) is 0. The van der Waals surface area contributed by atoms with Crippen LogP contribution in [-0.4, -0.2) is 32.2 Å². The van der Waals surface area contributed by atoms with Crippen LogP contribution in [0.15, 0.2) is 174 Å². The summed E-state index contributed by atoms with van der Waals surface area (Å²) in [5.74, 6) is -0.484. The zero-order valence-corrected chi connectivity index (χ0v) is 45.5. The van der Waals surface area contributed by atoms with Crippen molar-refractivity contribution in [2.75, 3.05) is 0 Å². The Morgan fingerprint density at radius 2 is 1.19 bits per heavy atom. The van der Waals surface area contributed by atoms with Crippen molar-refractivity contribution in [2.45, 2.75) is 72.8 Å². The molecule has 0 aliphatic rings. The van der Waals surface area contributed by atoms with Crippen molar-refractivity contribution in [1.82, 2.24) is 24.1 Å². The number of fused-ring (bicyclic) bond motifs is 11. The van der Waals surface area contributed by atoms with Crippen LogP contribution in [0.3, 0.4) is 0 Å². The summed E-state index contributed by atoms with van der Waals surface area (Å²) in [7, 11) is -1.69. The fraction of sp³-hybridized carbons (Fsp3) is 0.167.